The zero-order valence-corrected chi connectivity index (χ0v) is 16.6. The van der Waals surface area contributed by atoms with Crippen LogP contribution >= 0.6 is 23.4 Å². The van der Waals surface area contributed by atoms with Gasteiger partial charge in [-0.15, -0.1) is 0 Å². The Morgan fingerprint density at radius 2 is 1.75 bits per heavy atom. The highest BCUT2D eigenvalue weighted by atomic mass is 35.5. The number of hydrogen-bond donors (Lipinski definition) is 0. The molecule has 2 aromatic carbocycles. The smallest absolute Gasteiger partial charge is 0.159 e. The van der Waals surface area contributed by atoms with Crippen molar-refractivity contribution in [3.63, 3.8) is 0 Å². The SMILES string of the molecule is Cn1c(-c2ccccn2)nc(-c2ccc(C#N)cc2)c1Sc1ccc(Cl)cc1. The molecule has 0 spiro atoms. The van der Waals surface area contributed by atoms with Crippen LogP contribution in [0, 0.1) is 11.3 Å². The quantitative estimate of drug-likeness (QED) is 0.431. The highest BCUT2D eigenvalue weighted by Gasteiger charge is 2.19. The van der Waals surface area contributed by atoms with Crippen LogP contribution in [0.4, 0.5) is 0 Å². The van der Waals surface area contributed by atoms with Gasteiger partial charge in [-0.3, -0.25) is 4.98 Å². The normalized spacial score (nSPS) is 10.6. The molecule has 0 saturated carbocycles. The van der Waals surface area contributed by atoms with Crippen LogP contribution in [0.15, 0.2) is 82.8 Å². The minimum absolute atomic E-state index is 0.622. The third kappa shape index (κ3) is 3.65. The summed E-state index contributed by atoms with van der Waals surface area (Å²) in [4.78, 5) is 10.4. The second-order valence-corrected chi connectivity index (χ2v) is 7.61. The molecule has 2 heterocycles. The Kier molecular flexibility index (Phi) is 5.16. The number of rotatable bonds is 4. The zero-order valence-electron chi connectivity index (χ0n) is 15.0. The third-order valence-corrected chi connectivity index (χ3v) is 5.67. The molecule has 0 unspecified atom stereocenters. The largest absolute Gasteiger partial charge is 0.320 e. The molecule has 0 aliphatic carbocycles. The van der Waals surface area contributed by atoms with Gasteiger partial charge in [0.1, 0.15) is 16.4 Å². The Labute approximate surface area is 172 Å². The number of imidazole rings is 1. The minimum Gasteiger partial charge on any atom is -0.320 e. The van der Waals surface area contributed by atoms with E-state index in [0.29, 0.717) is 10.6 Å². The van der Waals surface area contributed by atoms with Crippen LogP contribution in [0.2, 0.25) is 5.02 Å². The van der Waals surface area contributed by atoms with Crippen LogP contribution in [-0.4, -0.2) is 14.5 Å². The molecule has 0 fully saturated rings. The van der Waals surface area contributed by atoms with E-state index in [2.05, 4.69) is 15.6 Å². The van der Waals surface area contributed by atoms with Crippen molar-refractivity contribution in [1.82, 2.24) is 14.5 Å². The van der Waals surface area contributed by atoms with Crippen LogP contribution in [0.3, 0.4) is 0 Å². The summed E-state index contributed by atoms with van der Waals surface area (Å²) in [6.45, 7) is 0. The number of aromatic nitrogens is 3. The molecule has 0 amide bonds. The van der Waals surface area contributed by atoms with Gasteiger partial charge < -0.3 is 4.57 Å². The first-order valence-electron chi connectivity index (χ1n) is 8.58. The van der Waals surface area contributed by atoms with E-state index in [0.717, 1.165) is 32.7 Å². The Balaban J connectivity index is 1.84. The maximum absolute atomic E-state index is 9.07. The summed E-state index contributed by atoms with van der Waals surface area (Å²) < 4.78 is 2.05. The molecule has 0 saturated heterocycles. The Morgan fingerprint density at radius 1 is 1.00 bits per heavy atom. The molecule has 4 nitrogen and oxygen atoms in total. The van der Waals surface area contributed by atoms with Gasteiger partial charge in [0.25, 0.3) is 0 Å². The van der Waals surface area contributed by atoms with Crippen LogP contribution in [0.5, 0.6) is 0 Å². The first kappa shape index (κ1) is 18.3. The first-order chi connectivity index (χ1) is 13.7. The molecule has 4 aromatic rings. The Bertz CT molecular complexity index is 1140. The molecular formula is C22H15ClN4S. The van der Waals surface area contributed by atoms with E-state index in [-0.39, 0.29) is 0 Å². The summed E-state index contributed by atoms with van der Waals surface area (Å²) in [5.41, 5.74) is 3.24. The fourth-order valence-corrected chi connectivity index (χ4v) is 3.93. The van der Waals surface area contributed by atoms with Crippen molar-refractivity contribution < 1.29 is 0 Å². The average Bonchev–Trinajstić information content (AvgIpc) is 3.06. The van der Waals surface area contributed by atoms with Crippen molar-refractivity contribution in [3.8, 4) is 28.8 Å². The second kappa shape index (κ2) is 7.89. The molecule has 0 aliphatic rings. The molecule has 0 N–H and O–H groups in total. The molecule has 136 valence electrons. The van der Waals surface area contributed by atoms with E-state index < -0.39 is 0 Å². The zero-order chi connectivity index (χ0) is 19.5. The van der Waals surface area contributed by atoms with E-state index in [1.165, 1.54) is 0 Å². The molecule has 0 radical (unpaired) electrons. The van der Waals surface area contributed by atoms with Gasteiger partial charge in [0.2, 0.25) is 0 Å². The number of hydrogen-bond acceptors (Lipinski definition) is 4. The van der Waals surface area contributed by atoms with Crippen LogP contribution in [0.25, 0.3) is 22.8 Å². The summed E-state index contributed by atoms with van der Waals surface area (Å²) in [6.07, 6.45) is 1.76. The number of pyridine rings is 1. The molecule has 28 heavy (non-hydrogen) atoms. The summed E-state index contributed by atoms with van der Waals surface area (Å²) in [7, 11) is 1.99. The van der Waals surface area contributed by atoms with Crippen molar-refractivity contribution in [2.45, 2.75) is 9.92 Å². The predicted molar refractivity (Wildman–Crippen MR) is 112 cm³/mol. The van der Waals surface area contributed by atoms with Crippen molar-refractivity contribution in [2.75, 3.05) is 0 Å². The third-order valence-electron chi connectivity index (χ3n) is 4.25. The average molecular weight is 403 g/mol. The standard InChI is InChI=1S/C22H15ClN4S/c1-27-21(19-4-2-3-13-25-19)26-20(16-7-5-15(14-24)6-8-16)22(27)28-18-11-9-17(23)10-12-18/h2-13H,1H3. The van der Waals surface area contributed by atoms with Crippen LogP contribution in [0.1, 0.15) is 5.56 Å². The summed E-state index contributed by atoms with van der Waals surface area (Å²) in [5.74, 6) is 0.788. The molecule has 6 heteroatoms. The molecule has 0 aliphatic heterocycles. The maximum atomic E-state index is 9.07. The topological polar surface area (TPSA) is 54.5 Å². The molecule has 4 rings (SSSR count). The fraction of sp³-hybridized carbons (Fsp3) is 0.0455. The Morgan fingerprint density at radius 3 is 2.39 bits per heavy atom. The lowest BCUT2D eigenvalue weighted by atomic mass is 10.1. The number of nitriles is 1. The van der Waals surface area contributed by atoms with E-state index in [1.807, 2.05) is 61.6 Å². The lowest BCUT2D eigenvalue weighted by Crippen LogP contribution is -1.95. The number of nitrogens with zero attached hydrogens (tertiary/aromatic N) is 4. The molecule has 0 bridgehead atoms. The van der Waals surface area contributed by atoms with Gasteiger partial charge in [0.05, 0.1) is 11.6 Å². The van der Waals surface area contributed by atoms with Gasteiger partial charge in [0, 0.05) is 28.7 Å². The van der Waals surface area contributed by atoms with E-state index in [1.54, 1.807) is 30.1 Å². The van der Waals surface area contributed by atoms with E-state index >= 15 is 0 Å². The minimum atomic E-state index is 0.622. The van der Waals surface area contributed by atoms with E-state index in [4.69, 9.17) is 21.8 Å². The predicted octanol–water partition coefficient (Wildman–Crippen LogP) is 5.83. The van der Waals surface area contributed by atoms with E-state index in [9.17, 15) is 0 Å². The second-order valence-electron chi connectivity index (χ2n) is 6.11. The number of benzene rings is 2. The first-order valence-corrected chi connectivity index (χ1v) is 9.77. The summed E-state index contributed by atoms with van der Waals surface area (Å²) >= 11 is 7.64. The summed E-state index contributed by atoms with van der Waals surface area (Å²) in [6, 6.07) is 23.1. The molecule has 2 aromatic heterocycles. The van der Waals surface area contributed by atoms with Crippen molar-refractivity contribution in [1.29, 1.82) is 5.26 Å². The van der Waals surface area contributed by atoms with Crippen molar-refractivity contribution in [3.05, 3.63) is 83.5 Å². The molecule has 0 atom stereocenters. The van der Waals surface area contributed by atoms with Gasteiger partial charge in [-0.25, -0.2) is 4.98 Å². The number of halogens is 1. The molecular weight excluding hydrogens is 388 g/mol. The van der Waals surface area contributed by atoms with Gasteiger partial charge in [-0.2, -0.15) is 5.26 Å². The van der Waals surface area contributed by atoms with Crippen LogP contribution in [-0.2, 0) is 7.05 Å². The highest BCUT2D eigenvalue weighted by Crippen LogP contribution is 2.38. The van der Waals surface area contributed by atoms with Crippen LogP contribution < -0.4 is 0 Å². The van der Waals surface area contributed by atoms with Gasteiger partial charge in [-0.05, 0) is 48.5 Å². The lowest BCUT2D eigenvalue weighted by molar-refractivity contribution is 0.831. The van der Waals surface area contributed by atoms with Gasteiger partial charge in [0.15, 0.2) is 5.82 Å². The summed E-state index contributed by atoms with van der Waals surface area (Å²) in [5, 5.41) is 10.8. The Hall–Kier alpha value is -3.07. The monoisotopic (exact) mass is 402 g/mol. The maximum Gasteiger partial charge on any atom is 0.159 e. The lowest BCUT2D eigenvalue weighted by Gasteiger charge is -2.07. The van der Waals surface area contributed by atoms with Crippen molar-refractivity contribution in [2.24, 2.45) is 7.05 Å². The van der Waals surface area contributed by atoms with Crippen molar-refractivity contribution >= 4 is 23.4 Å². The highest BCUT2D eigenvalue weighted by molar-refractivity contribution is 7.99. The van der Waals surface area contributed by atoms with Gasteiger partial charge in [-0.1, -0.05) is 41.6 Å². The fourth-order valence-electron chi connectivity index (χ4n) is 2.83. The van der Waals surface area contributed by atoms with Gasteiger partial charge >= 0.3 is 0 Å².